The standard InChI is InChI=1S/C19H12BrClN2O4/c1-10-6-18(24)26-15-8-16(14(21)7-13(10)15)25-9-17-22-23-19(27-17)11-2-4-12(20)5-3-11/h2-8H,9H2,1H3. The van der Waals surface area contributed by atoms with Gasteiger partial charge in [-0.05, 0) is 42.8 Å². The van der Waals surface area contributed by atoms with E-state index in [0.29, 0.717) is 28.1 Å². The molecule has 0 saturated carbocycles. The molecule has 2 heterocycles. The number of benzene rings is 2. The van der Waals surface area contributed by atoms with E-state index in [1.807, 2.05) is 31.2 Å². The largest absolute Gasteiger partial charge is 0.482 e. The van der Waals surface area contributed by atoms with Gasteiger partial charge in [-0.25, -0.2) is 4.79 Å². The van der Waals surface area contributed by atoms with Crippen molar-refractivity contribution in [3.63, 3.8) is 0 Å². The average molecular weight is 448 g/mol. The van der Waals surface area contributed by atoms with Crippen LogP contribution in [-0.2, 0) is 6.61 Å². The van der Waals surface area contributed by atoms with Crippen molar-refractivity contribution in [2.75, 3.05) is 0 Å². The van der Waals surface area contributed by atoms with Crippen molar-refractivity contribution >= 4 is 38.5 Å². The van der Waals surface area contributed by atoms with E-state index < -0.39 is 5.63 Å². The Morgan fingerprint density at radius 2 is 1.89 bits per heavy atom. The zero-order valence-corrected chi connectivity index (χ0v) is 16.4. The number of aryl methyl sites for hydroxylation is 1. The van der Waals surface area contributed by atoms with Crippen LogP contribution in [0.15, 0.2) is 60.6 Å². The second kappa shape index (κ2) is 7.17. The van der Waals surface area contributed by atoms with Crippen molar-refractivity contribution in [3.8, 4) is 17.2 Å². The van der Waals surface area contributed by atoms with Crippen LogP contribution in [0.2, 0.25) is 5.02 Å². The van der Waals surface area contributed by atoms with Crippen LogP contribution in [0, 0.1) is 6.92 Å². The number of nitrogens with zero attached hydrogens (tertiary/aromatic N) is 2. The van der Waals surface area contributed by atoms with Crippen LogP contribution in [0.3, 0.4) is 0 Å². The molecule has 0 fully saturated rings. The third-order valence-electron chi connectivity index (χ3n) is 3.91. The maximum absolute atomic E-state index is 11.6. The van der Waals surface area contributed by atoms with Gasteiger partial charge in [0, 0.05) is 27.6 Å². The van der Waals surface area contributed by atoms with Crippen LogP contribution >= 0.6 is 27.5 Å². The molecule has 0 aliphatic heterocycles. The average Bonchev–Trinajstić information content (AvgIpc) is 3.10. The maximum atomic E-state index is 11.6. The van der Waals surface area contributed by atoms with E-state index in [1.54, 1.807) is 12.1 Å². The Labute approximate surface area is 166 Å². The molecule has 0 unspecified atom stereocenters. The molecule has 4 rings (SSSR count). The zero-order valence-electron chi connectivity index (χ0n) is 14.0. The number of hydrogen-bond donors (Lipinski definition) is 0. The summed E-state index contributed by atoms with van der Waals surface area (Å²) in [5.74, 6) is 1.06. The van der Waals surface area contributed by atoms with E-state index in [1.165, 1.54) is 6.07 Å². The van der Waals surface area contributed by atoms with Gasteiger partial charge >= 0.3 is 5.63 Å². The second-order valence-electron chi connectivity index (χ2n) is 5.82. The monoisotopic (exact) mass is 446 g/mol. The number of rotatable bonds is 4. The summed E-state index contributed by atoms with van der Waals surface area (Å²) in [5.41, 5.74) is 1.56. The van der Waals surface area contributed by atoms with Crippen molar-refractivity contribution in [2.45, 2.75) is 13.5 Å². The molecular formula is C19H12BrClN2O4. The highest BCUT2D eigenvalue weighted by atomic mass is 79.9. The first-order chi connectivity index (χ1) is 13.0. The van der Waals surface area contributed by atoms with Crippen LogP contribution < -0.4 is 10.4 Å². The van der Waals surface area contributed by atoms with Gasteiger partial charge in [0.2, 0.25) is 5.89 Å². The second-order valence-corrected chi connectivity index (χ2v) is 7.15. The summed E-state index contributed by atoms with van der Waals surface area (Å²) in [6.07, 6.45) is 0. The molecule has 4 aromatic rings. The van der Waals surface area contributed by atoms with Crippen molar-refractivity contribution < 1.29 is 13.6 Å². The first-order valence-corrected chi connectivity index (χ1v) is 9.12. The quantitative estimate of drug-likeness (QED) is 0.403. The maximum Gasteiger partial charge on any atom is 0.336 e. The Bertz CT molecular complexity index is 1180. The number of hydrogen-bond acceptors (Lipinski definition) is 6. The molecule has 0 aliphatic carbocycles. The Kier molecular flexibility index (Phi) is 4.72. The summed E-state index contributed by atoms with van der Waals surface area (Å²) in [7, 11) is 0. The van der Waals surface area contributed by atoms with Crippen molar-refractivity contribution in [2.24, 2.45) is 0 Å². The summed E-state index contributed by atoms with van der Waals surface area (Å²) in [6, 6.07) is 12.2. The highest BCUT2D eigenvalue weighted by molar-refractivity contribution is 9.10. The molecule has 0 spiro atoms. The normalized spacial score (nSPS) is 11.1. The van der Waals surface area contributed by atoms with Gasteiger partial charge in [-0.15, -0.1) is 10.2 Å². The Balaban J connectivity index is 1.56. The van der Waals surface area contributed by atoms with Crippen LogP contribution in [0.25, 0.3) is 22.4 Å². The van der Waals surface area contributed by atoms with Crippen LogP contribution in [0.4, 0.5) is 0 Å². The van der Waals surface area contributed by atoms with E-state index in [9.17, 15) is 4.79 Å². The molecule has 0 N–H and O–H groups in total. The van der Waals surface area contributed by atoms with E-state index in [-0.39, 0.29) is 6.61 Å². The summed E-state index contributed by atoms with van der Waals surface area (Å²) in [4.78, 5) is 11.6. The lowest BCUT2D eigenvalue weighted by Crippen LogP contribution is -2.00. The van der Waals surface area contributed by atoms with Gasteiger partial charge in [0.05, 0.1) is 5.02 Å². The Morgan fingerprint density at radius 1 is 1.11 bits per heavy atom. The van der Waals surface area contributed by atoms with Crippen LogP contribution in [0.1, 0.15) is 11.5 Å². The SMILES string of the molecule is Cc1cc(=O)oc2cc(OCc3nnc(-c4ccc(Br)cc4)o3)c(Cl)cc12. The fourth-order valence-corrected chi connectivity index (χ4v) is 3.07. The number of fused-ring (bicyclic) bond motifs is 1. The van der Waals surface area contributed by atoms with Crippen LogP contribution in [0.5, 0.6) is 5.75 Å². The fraction of sp³-hybridized carbons (Fsp3) is 0.105. The van der Waals surface area contributed by atoms with Crippen molar-refractivity contribution in [3.05, 3.63) is 73.8 Å². The molecule has 0 saturated heterocycles. The molecule has 136 valence electrons. The van der Waals surface area contributed by atoms with Gasteiger partial charge in [0.15, 0.2) is 6.61 Å². The molecule has 0 radical (unpaired) electrons. The smallest absolute Gasteiger partial charge is 0.336 e. The van der Waals surface area contributed by atoms with Crippen molar-refractivity contribution in [1.82, 2.24) is 10.2 Å². The number of aromatic nitrogens is 2. The molecule has 2 aromatic carbocycles. The third kappa shape index (κ3) is 3.74. The lowest BCUT2D eigenvalue weighted by molar-refractivity contribution is 0.264. The van der Waals surface area contributed by atoms with E-state index in [2.05, 4.69) is 26.1 Å². The number of ether oxygens (including phenoxy) is 1. The molecule has 0 aliphatic rings. The Morgan fingerprint density at radius 3 is 2.67 bits per heavy atom. The number of halogens is 2. The van der Waals surface area contributed by atoms with Gasteiger partial charge in [-0.3, -0.25) is 0 Å². The molecule has 0 bridgehead atoms. The summed E-state index contributed by atoms with van der Waals surface area (Å²) >= 11 is 9.66. The minimum Gasteiger partial charge on any atom is -0.482 e. The topological polar surface area (TPSA) is 78.4 Å². The van der Waals surface area contributed by atoms with Gasteiger partial charge in [0.25, 0.3) is 5.89 Å². The highest BCUT2D eigenvalue weighted by Crippen LogP contribution is 2.31. The third-order valence-corrected chi connectivity index (χ3v) is 4.74. The lowest BCUT2D eigenvalue weighted by Gasteiger charge is -2.08. The summed E-state index contributed by atoms with van der Waals surface area (Å²) in [5, 5.41) is 9.15. The molecular weight excluding hydrogens is 436 g/mol. The van der Waals surface area contributed by atoms with Gasteiger partial charge in [-0.2, -0.15) is 0 Å². The summed E-state index contributed by atoms with van der Waals surface area (Å²) < 4.78 is 17.5. The first kappa shape index (κ1) is 17.8. The Hall–Kier alpha value is -2.64. The van der Waals surface area contributed by atoms with Gasteiger partial charge < -0.3 is 13.6 Å². The first-order valence-electron chi connectivity index (χ1n) is 7.95. The van der Waals surface area contributed by atoms with Gasteiger partial charge in [0.1, 0.15) is 11.3 Å². The van der Waals surface area contributed by atoms with Crippen molar-refractivity contribution in [1.29, 1.82) is 0 Å². The van der Waals surface area contributed by atoms with E-state index in [0.717, 1.165) is 21.0 Å². The minimum absolute atomic E-state index is 0.0325. The minimum atomic E-state index is -0.427. The zero-order chi connectivity index (χ0) is 19.0. The molecule has 6 nitrogen and oxygen atoms in total. The predicted octanol–water partition coefficient (Wildman–Crippen LogP) is 5.15. The van der Waals surface area contributed by atoms with E-state index in [4.69, 9.17) is 25.2 Å². The van der Waals surface area contributed by atoms with Gasteiger partial charge in [-0.1, -0.05) is 27.5 Å². The molecule has 2 aromatic heterocycles. The summed E-state index contributed by atoms with van der Waals surface area (Å²) in [6.45, 7) is 1.85. The lowest BCUT2D eigenvalue weighted by atomic mass is 10.1. The highest BCUT2D eigenvalue weighted by Gasteiger charge is 2.12. The van der Waals surface area contributed by atoms with Crippen LogP contribution in [-0.4, -0.2) is 10.2 Å². The fourth-order valence-electron chi connectivity index (χ4n) is 2.59. The molecule has 8 heteroatoms. The molecule has 27 heavy (non-hydrogen) atoms. The molecule has 0 atom stereocenters. The van der Waals surface area contributed by atoms with E-state index >= 15 is 0 Å². The predicted molar refractivity (Wildman–Crippen MR) is 104 cm³/mol. The molecule has 0 amide bonds.